The maximum atomic E-state index is 9.04. The minimum Gasteiger partial charge on any atom is -0.508 e. The molecule has 66 valence electrons. The predicted molar refractivity (Wildman–Crippen MR) is 46.3 cm³/mol. The van der Waals surface area contributed by atoms with Crippen LogP contribution in [0, 0.1) is 13.8 Å². The molecule has 2 N–H and O–H groups in total. The van der Waals surface area contributed by atoms with Gasteiger partial charge in [0.2, 0.25) is 0 Å². The number of hydrogen-bond acceptors (Lipinski definition) is 2. The molecule has 0 unspecified atom stereocenters. The first-order valence-corrected chi connectivity index (χ1v) is 3.46. The van der Waals surface area contributed by atoms with Gasteiger partial charge in [-0.05, 0) is 25.5 Å². The number of carboxylic acid groups (broad SMARTS) is 1. The average molecular weight is 168 g/mol. The summed E-state index contributed by atoms with van der Waals surface area (Å²) in [5, 5.41) is 15.9. The van der Waals surface area contributed by atoms with Gasteiger partial charge < -0.3 is 10.2 Å². The second-order valence-corrected chi connectivity index (χ2v) is 2.40. The minimum atomic E-state index is -0.250. The fourth-order valence-electron chi connectivity index (χ4n) is 0.805. The fraction of sp³-hybridized carbons (Fsp3) is 0.222. The first-order chi connectivity index (χ1) is 5.61. The molecule has 3 nitrogen and oxygen atoms in total. The standard InChI is InChI=1S/C8H10O.CH2O2/c1-6-3-4-8(9)7(2)5-6;2-1-3/h3-5,9H,1-2H3;1H,(H,2,3). The summed E-state index contributed by atoms with van der Waals surface area (Å²) in [5.74, 6) is 0.376. The summed E-state index contributed by atoms with van der Waals surface area (Å²) in [5.41, 5.74) is 2.13. The van der Waals surface area contributed by atoms with E-state index in [1.54, 1.807) is 6.07 Å². The molecule has 0 aromatic heterocycles. The quantitative estimate of drug-likeness (QED) is 0.580. The number of phenolic OH excluding ortho intramolecular Hbond substituents is 1. The first-order valence-electron chi connectivity index (χ1n) is 3.46. The Kier molecular flexibility index (Phi) is 4.53. The van der Waals surface area contributed by atoms with Crippen LogP contribution < -0.4 is 0 Å². The van der Waals surface area contributed by atoms with E-state index in [1.165, 1.54) is 5.56 Å². The third kappa shape index (κ3) is 3.61. The smallest absolute Gasteiger partial charge is 0.290 e. The van der Waals surface area contributed by atoms with Crippen molar-refractivity contribution in [3.8, 4) is 5.75 Å². The molecule has 0 radical (unpaired) electrons. The second-order valence-electron chi connectivity index (χ2n) is 2.40. The molecule has 12 heavy (non-hydrogen) atoms. The molecular formula is C9H12O3. The van der Waals surface area contributed by atoms with E-state index in [4.69, 9.17) is 15.0 Å². The van der Waals surface area contributed by atoms with Crippen molar-refractivity contribution >= 4 is 6.47 Å². The molecule has 0 saturated heterocycles. The molecule has 3 heteroatoms. The van der Waals surface area contributed by atoms with Gasteiger partial charge in [-0.25, -0.2) is 0 Å². The molecule has 0 amide bonds. The number of benzene rings is 1. The van der Waals surface area contributed by atoms with Gasteiger partial charge in [-0.1, -0.05) is 17.7 Å². The summed E-state index contributed by atoms with van der Waals surface area (Å²) >= 11 is 0. The molecule has 0 heterocycles. The third-order valence-electron chi connectivity index (χ3n) is 1.35. The van der Waals surface area contributed by atoms with Crippen LogP contribution in [-0.2, 0) is 4.79 Å². The number of rotatable bonds is 0. The SMILES string of the molecule is Cc1ccc(O)c(C)c1.O=CO. The lowest BCUT2D eigenvalue weighted by molar-refractivity contribution is -0.122. The summed E-state index contributed by atoms with van der Waals surface area (Å²) in [4.78, 5) is 8.36. The van der Waals surface area contributed by atoms with Crippen LogP contribution in [0.25, 0.3) is 0 Å². The van der Waals surface area contributed by atoms with Gasteiger partial charge in [0.1, 0.15) is 5.75 Å². The van der Waals surface area contributed by atoms with E-state index in [9.17, 15) is 0 Å². The van der Waals surface area contributed by atoms with Gasteiger partial charge in [-0.3, -0.25) is 4.79 Å². The van der Waals surface area contributed by atoms with Gasteiger partial charge in [0.25, 0.3) is 6.47 Å². The van der Waals surface area contributed by atoms with Crippen molar-refractivity contribution in [3.05, 3.63) is 29.3 Å². The van der Waals surface area contributed by atoms with Crippen LogP contribution >= 0.6 is 0 Å². The van der Waals surface area contributed by atoms with Crippen LogP contribution in [-0.4, -0.2) is 16.7 Å². The molecule has 1 aromatic rings. The van der Waals surface area contributed by atoms with E-state index >= 15 is 0 Å². The Morgan fingerprint density at radius 2 is 1.83 bits per heavy atom. The van der Waals surface area contributed by atoms with Gasteiger partial charge in [-0.15, -0.1) is 0 Å². The molecule has 0 atom stereocenters. The van der Waals surface area contributed by atoms with Crippen LogP contribution in [0.4, 0.5) is 0 Å². The van der Waals surface area contributed by atoms with Crippen molar-refractivity contribution in [1.82, 2.24) is 0 Å². The van der Waals surface area contributed by atoms with Crippen molar-refractivity contribution in [1.29, 1.82) is 0 Å². The van der Waals surface area contributed by atoms with Crippen LogP contribution in [0.2, 0.25) is 0 Å². The monoisotopic (exact) mass is 168 g/mol. The first kappa shape index (κ1) is 10.5. The van der Waals surface area contributed by atoms with Gasteiger partial charge >= 0.3 is 0 Å². The zero-order valence-electron chi connectivity index (χ0n) is 7.11. The summed E-state index contributed by atoms with van der Waals surface area (Å²) in [7, 11) is 0. The van der Waals surface area contributed by atoms with Crippen molar-refractivity contribution in [2.45, 2.75) is 13.8 Å². The molecule has 0 fully saturated rings. The predicted octanol–water partition coefficient (Wildman–Crippen LogP) is 1.71. The lowest BCUT2D eigenvalue weighted by Crippen LogP contribution is -1.75. The topological polar surface area (TPSA) is 57.5 Å². The van der Waals surface area contributed by atoms with Crippen LogP contribution in [0.5, 0.6) is 5.75 Å². The highest BCUT2D eigenvalue weighted by Crippen LogP contribution is 2.15. The molecule has 1 rings (SSSR count). The van der Waals surface area contributed by atoms with Crippen LogP contribution in [0.1, 0.15) is 11.1 Å². The highest BCUT2D eigenvalue weighted by atomic mass is 16.3. The molecule has 0 bridgehead atoms. The lowest BCUT2D eigenvalue weighted by atomic mass is 10.1. The van der Waals surface area contributed by atoms with Crippen molar-refractivity contribution < 1.29 is 15.0 Å². The van der Waals surface area contributed by atoms with E-state index in [-0.39, 0.29) is 6.47 Å². The highest BCUT2D eigenvalue weighted by Gasteiger charge is 1.91. The number of hydrogen-bond donors (Lipinski definition) is 2. The maximum absolute atomic E-state index is 9.04. The lowest BCUT2D eigenvalue weighted by Gasteiger charge is -1.97. The van der Waals surface area contributed by atoms with Gasteiger partial charge in [0.15, 0.2) is 0 Å². The summed E-state index contributed by atoms with van der Waals surface area (Å²) < 4.78 is 0. The summed E-state index contributed by atoms with van der Waals surface area (Å²) in [6.45, 7) is 3.65. The molecule has 1 aromatic carbocycles. The number of phenols is 1. The minimum absolute atomic E-state index is 0.250. The fourth-order valence-corrected chi connectivity index (χ4v) is 0.805. The zero-order chi connectivity index (χ0) is 9.56. The van der Waals surface area contributed by atoms with E-state index in [0.29, 0.717) is 5.75 Å². The Hall–Kier alpha value is -1.51. The van der Waals surface area contributed by atoms with Crippen molar-refractivity contribution in [2.75, 3.05) is 0 Å². The summed E-state index contributed by atoms with van der Waals surface area (Å²) in [6, 6.07) is 5.56. The summed E-state index contributed by atoms with van der Waals surface area (Å²) in [6.07, 6.45) is 0. The van der Waals surface area contributed by atoms with Gasteiger partial charge in [-0.2, -0.15) is 0 Å². The zero-order valence-corrected chi connectivity index (χ0v) is 7.11. The number of aromatic hydroxyl groups is 1. The average Bonchev–Trinajstić information content (AvgIpc) is 1.99. The normalized spacial score (nSPS) is 8.17. The van der Waals surface area contributed by atoms with Crippen LogP contribution in [0.3, 0.4) is 0 Å². The van der Waals surface area contributed by atoms with Crippen molar-refractivity contribution in [2.24, 2.45) is 0 Å². The molecule has 0 saturated carbocycles. The van der Waals surface area contributed by atoms with E-state index in [2.05, 4.69) is 0 Å². The number of carbonyl (C=O) groups is 1. The van der Waals surface area contributed by atoms with Crippen molar-refractivity contribution in [3.63, 3.8) is 0 Å². The Labute approximate surface area is 71.3 Å². The van der Waals surface area contributed by atoms with E-state index in [0.717, 1.165) is 5.56 Å². The maximum Gasteiger partial charge on any atom is 0.290 e. The highest BCUT2D eigenvalue weighted by molar-refractivity contribution is 5.34. The Balaban J connectivity index is 0.000000354. The van der Waals surface area contributed by atoms with Gasteiger partial charge in [0.05, 0.1) is 0 Å². The Bertz CT molecular complexity index is 256. The number of aryl methyl sites for hydroxylation is 2. The molecule has 0 aliphatic rings. The molecule has 0 aliphatic carbocycles. The van der Waals surface area contributed by atoms with Crippen LogP contribution in [0.15, 0.2) is 18.2 Å². The van der Waals surface area contributed by atoms with Gasteiger partial charge in [0, 0.05) is 0 Å². The molecule has 0 aliphatic heterocycles. The third-order valence-corrected chi connectivity index (χ3v) is 1.35. The molecular weight excluding hydrogens is 156 g/mol. The Morgan fingerprint density at radius 1 is 1.33 bits per heavy atom. The Morgan fingerprint density at radius 3 is 2.17 bits per heavy atom. The second kappa shape index (κ2) is 5.18. The van der Waals surface area contributed by atoms with E-state index in [1.807, 2.05) is 26.0 Å². The molecule has 0 spiro atoms. The largest absolute Gasteiger partial charge is 0.508 e. The van der Waals surface area contributed by atoms with E-state index < -0.39 is 0 Å².